The maximum absolute atomic E-state index is 13.0. The van der Waals surface area contributed by atoms with Crippen molar-refractivity contribution < 1.29 is 8.78 Å². The highest BCUT2D eigenvalue weighted by molar-refractivity contribution is 5.85. The Bertz CT molecular complexity index is 1240. The van der Waals surface area contributed by atoms with Crippen LogP contribution in [0, 0.1) is 6.92 Å². The largest absolute Gasteiger partial charge is 0.350 e. The van der Waals surface area contributed by atoms with Gasteiger partial charge in [-0.15, -0.1) is 5.10 Å². The zero-order chi connectivity index (χ0) is 22.2. The van der Waals surface area contributed by atoms with Gasteiger partial charge in [0.2, 0.25) is 5.95 Å². The quantitative estimate of drug-likeness (QED) is 0.476. The molecule has 0 radical (unpaired) electrons. The fourth-order valence-corrected chi connectivity index (χ4v) is 4.55. The summed E-state index contributed by atoms with van der Waals surface area (Å²) in [6.07, 6.45) is 7.36. The first kappa shape index (κ1) is 20.7. The van der Waals surface area contributed by atoms with Crippen molar-refractivity contribution in [3.05, 3.63) is 36.5 Å². The average molecular weight is 441 g/mol. The van der Waals surface area contributed by atoms with Gasteiger partial charge in [-0.1, -0.05) is 0 Å². The molecule has 1 aliphatic rings. The van der Waals surface area contributed by atoms with E-state index in [4.69, 9.17) is 0 Å². The standard InChI is InChI=1S/C22H26F2N8/c1-13-28-21-18(31(13)12-20(23)24)9-14(10-26-21)17-7-8-32-19(17)11-27-22(30-32)29-16-5-3-15(25-2)4-6-16/h7-11,15-16,20,25H,3-6,12H2,1-2H3,(H,29,30). The topological polar surface area (TPSA) is 85.0 Å². The van der Waals surface area contributed by atoms with E-state index in [0.29, 0.717) is 35.0 Å². The summed E-state index contributed by atoms with van der Waals surface area (Å²) in [6.45, 7) is 1.31. The number of imidazole rings is 1. The van der Waals surface area contributed by atoms with Crippen molar-refractivity contribution in [3.63, 3.8) is 0 Å². The van der Waals surface area contributed by atoms with Gasteiger partial charge in [0.15, 0.2) is 5.65 Å². The molecular weight excluding hydrogens is 414 g/mol. The summed E-state index contributed by atoms with van der Waals surface area (Å²) in [5.41, 5.74) is 3.59. The molecule has 10 heteroatoms. The van der Waals surface area contributed by atoms with E-state index in [2.05, 4.69) is 30.7 Å². The number of nitrogens with zero attached hydrogens (tertiary/aromatic N) is 6. The van der Waals surface area contributed by atoms with Gasteiger partial charge in [-0.2, -0.15) is 0 Å². The van der Waals surface area contributed by atoms with Crippen LogP contribution in [0.25, 0.3) is 27.8 Å². The Labute approximate surface area is 184 Å². The smallest absolute Gasteiger partial charge is 0.256 e. The number of aromatic nitrogens is 6. The van der Waals surface area contributed by atoms with Gasteiger partial charge < -0.3 is 15.2 Å². The lowest BCUT2D eigenvalue weighted by Crippen LogP contribution is -2.35. The van der Waals surface area contributed by atoms with Crippen molar-refractivity contribution >= 4 is 22.6 Å². The summed E-state index contributed by atoms with van der Waals surface area (Å²) in [6, 6.07) is 4.76. The maximum Gasteiger partial charge on any atom is 0.256 e. The van der Waals surface area contributed by atoms with E-state index in [1.165, 1.54) is 4.57 Å². The van der Waals surface area contributed by atoms with E-state index in [9.17, 15) is 8.78 Å². The van der Waals surface area contributed by atoms with E-state index in [1.54, 1.807) is 23.8 Å². The highest BCUT2D eigenvalue weighted by Gasteiger charge is 2.21. The number of hydrogen-bond donors (Lipinski definition) is 2. The second-order valence-electron chi connectivity index (χ2n) is 8.35. The third kappa shape index (κ3) is 3.90. The summed E-state index contributed by atoms with van der Waals surface area (Å²) >= 11 is 0. The second-order valence-corrected chi connectivity index (χ2v) is 8.35. The first-order valence-electron chi connectivity index (χ1n) is 10.9. The molecule has 0 aliphatic heterocycles. The lowest BCUT2D eigenvalue weighted by atomic mass is 9.91. The third-order valence-electron chi connectivity index (χ3n) is 6.31. The lowest BCUT2D eigenvalue weighted by molar-refractivity contribution is 0.127. The highest BCUT2D eigenvalue weighted by Crippen LogP contribution is 2.28. The van der Waals surface area contributed by atoms with Gasteiger partial charge >= 0.3 is 0 Å². The van der Waals surface area contributed by atoms with Crippen molar-refractivity contribution in [2.45, 2.75) is 57.7 Å². The highest BCUT2D eigenvalue weighted by atomic mass is 19.3. The summed E-state index contributed by atoms with van der Waals surface area (Å²) in [7, 11) is 2.01. The third-order valence-corrected chi connectivity index (χ3v) is 6.31. The van der Waals surface area contributed by atoms with Crippen molar-refractivity contribution in [2.24, 2.45) is 0 Å². The minimum Gasteiger partial charge on any atom is -0.350 e. The van der Waals surface area contributed by atoms with Crippen LogP contribution < -0.4 is 10.6 Å². The lowest BCUT2D eigenvalue weighted by Gasteiger charge is -2.28. The first-order valence-corrected chi connectivity index (χ1v) is 10.9. The number of aryl methyl sites for hydroxylation is 1. The molecule has 4 heterocycles. The zero-order valence-electron chi connectivity index (χ0n) is 18.1. The molecule has 5 rings (SSSR count). The molecule has 168 valence electrons. The molecule has 4 aromatic rings. The van der Waals surface area contributed by atoms with Crippen LogP contribution in [0.5, 0.6) is 0 Å². The molecule has 0 bridgehead atoms. The Kier molecular flexibility index (Phi) is 5.46. The SMILES string of the molecule is CNC1CCC(Nc2ncc3c(-c4cnc5nc(C)n(CC(F)F)c5c4)ccn3n2)CC1. The molecule has 4 aromatic heterocycles. The molecule has 0 saturated heterocycles. The van der Waals surface area contributed by atoms with Crippen LogP contribution in [-0.4, -0.2) is 54.7 Å². The van der Waals surface area contributed by atoms with Gasteiger partial charge in [0.1, 0.15) is 5.82 Å². The Morgan fingerprint density at radius 3 is 2.62 bits per heavy atom. The van der Waals surface area contributed by atoms with Crippen LogP contribution in [0.4, 0.5) is 14.7 Å². The second kappa shape index (κ2) is 8.42. The Morgan fingerprint density at radius 1 is 1.09 bits per heavy atom. The van der Waals surface area contributed by atoms with Crippen molar-refractivity contribution in [2.75, 3.05) is 12.4 Å². The fraction of sp³-hybridized carbons (Fsp3) is 0.455. The number of fused-ring (bicyclic) bond motifs is 2. The fourth-order valence-electron chi connectivity index (χ4n) is 4.55. The predicted octanol–water partition coefficient (Wildman–Crippen LogP) is 3.66. The number of hydrogen-bond acceptors (Lipinski definition) is 6. The van der Waals surface area contributed by atoms with Crippen LogP contribution in [0.3, 0.4) is 0 Å². The van der Waals surface area contributed by atoms with Crippen LogP contribution >= 0.6 is 0 Å². The van der Waals surface area contributed by atoms with Gasteiger partial charge in [-0.25, -0.2) is 28.2 Å². The van der Waals surface area contributed by atoms with Gasteiger partial charge in [0, 0.05) is 35.6 Å². The van der Waals surface area contributed by atoms with Gasteiger partial charge in [0.25, 0.3) is 6.43 Å². The molecule has 0 atom stereocenters. The minimum absolute atomic E-state index is 0.372. The Morgan fingerprint density at radius 2 is 1.88 bits per heavy atom. The van der Waals surface area contributed by atoms with Crippen LogP contribution in [-0.2, 0) is 6.54 Å². The monoisotopic (exact) mass is 440 g/mol. The molecule has 0 unspecified atom stereocenters. The normalized spacial score (nSPS) is 19.3. The number of rotatable bonds is 6. The summed E-state index contributed by atoms with van der Waals surface area (Å²) in [5.74, 6) is 1.13. The van der Waals surface area contributed by atoms with Gasteiger partial charge in [-0.3, -0.25) is 0 Å². The van der Waals surface area contributed by atoms with Crippen molar-refractivity contribution in [3.8, 4) is 11.1 Å². The van der Waals surface area contributed by atoms with Gasteiger partial charge in [-0.05, 0) is 51.8 Å². The molecule has 8 nitrogen and oxygen atoms in total. The van der Waals surface area contributed by atoms with Crippen LogP contribution in [0.1, 0.15) is 31.5 Å². The maximum atomic E-state index is 13.0. The molecule has 0 spiro atoms. The molecule has 1 aliphatic carbocycles. The molecule has 2 N–H and O–H groups in total. The first-order chi connectivity index (χ1) is 15.5. The number of nitrogens with one attached hydrogen (secondary N) is 2. The summed E-state index contributed by atoms with van der Waals surface area (Å²) in [5, 5.41) is 11.4. The number of pyridine rings is 1. The number of anilines is 1. The Balaban J connectivity index is 1.42. The van der Waals surface area contributed by atoms with E-state index < -0.39 is 13.0 Å². The van der Waals surface area contributed by atoms with E-state index in [0.717, 1.165) is 42.3 Å². The summed E-state index contributed by atoms with van der Waals surface area (Å²) in [4.78, 5) is 13.2. The zero-order valence-corrected chi connectivity index (χ0v) is 18.1. The van der Waals surface area contributed by atoms with Gasteiger partial charge in [0.05, 0.1) is 23.8 Å². The molecule has 0 amide bonds. The molecule has 32 heavy (non-hydrogen) atoms. The van der Waals surface area contributed by atoms with Crippen LogP contribution in [0.2, 0.25) is 0 Å². The molecular formula is C22H26F2N8. The summed E-state index contributed by atoms with van der Waals surface area (Å²) < 4.78 is 29.4. The predicted molar refractivity (Wildman–Crippen MR) is 119 cm³/mol. The molecule has 1 saturated carbocycles. The van der Waals surface area contributed by atoms with Crippen LogP contribution in [0.15, 0.2) is 30.7 Å². The average Bonchev–Trinajstić information content (AvgIpc) is 3.34. The van der Waals surface area contributed by atoms with E-state index in [-0.39, 0.29) is 0 Å². The van der Waals surface area contributed by atoms with Crippen molar-refractivity contribution in [1.82, 2.24) is 34.4 Å². The van der Waals surface area contributed by atoms with E-state index >= 15 is 0 Å². The van der Waals surface area contributed by atoms with E-state index in [1.807, 2.05) is 25.4 Å². The van der Waals surface area contributed by atoms with Crippen molar-refractivity contribution in [1.29, 1.82) is 0 Å². The molecule has 1 fully saturated rings. The molecule has 0 aromatic carbocycles. The minimum atomic E-state index is -2.46. The number of alkyl halides is 2. The Hall–Kier alpha value is -3.14. The number of halogens is 2.